The van der Waals surface area contributed by atoms with Crippen molar-refractivity contribution in [3.63, 3.8) is 0 Å². The zero-order valence-corrected chi connectivity index (χ0v) is 17.2. The highest BCUT2D eigenvalue weighted by Crippen LogP contribution is 2.32. The summed E-state index contributed by atoms with van der Waals surface area (Å²) in [5.74, 6) is 1.24. The standard InChI is InChI=1S/C22H25NO7/c1-4-27-17-8-6-16(12-19(17)26-3)22(25)30-13-21(24)23-14(2)15-5-7-18-20(11-15)29-10-9-28-18/h5-8,11-12,14H,4,9-10,13H2,1-3H3,(H,23,24)/t14-/m1/s1. The lowest BCUT2D eigenvalue weighted by Crippen LogP contribution is -2.31. The molecule has 1 aliphatic rings. The van der Waals surface area contributed by atoms with Crippen molar-refractivity contribution >= 4 is 11.9 Å². The highest BCUT2D eigenvalue weighted by molar-refractivity contribution is 5.92. The van der Waals surface area contributed by atoms with Gasteiger partial charge in [-0.1, -0.05) is 6.07 Å². The molecule has 3 rings (SSSR count). The first-order valence-electron chi connectivity index (χ1n) is 9.68. The molecule has 160 valence electrons. The first-order valence-corrected chi connectivity index (χ1v) is 9.68. The maximum Gasteiger partial charge on any atom is 0.338 e. The summed E-state index contributed by atoms with van der Waals surface area (Å²) in [5, 5.41) is 2.80. The van der Waals surface area contributed by atoms with Crippen LogP contribution in [0.4, 0.5) is 0 Å². The molecule has 0 unspecified atom stereocenters. The minimum absolute atomic E-state index is 0.267. The second kappa shape index (κ2) is 9.87. The van der Waals surface area contributed by atoms with E-state index in [4.69, 9.17) is 23.7 Å². The first kappa shape index (κ1) is 21.3. The molecule has 8 heteroatoms. The van der Waals surface area contributed by atoms with Gasteiger partial charge in [0.1, 0.15) is 13.2 Å². The van der Waals surface area contributed by atoms with Crippen LogP contribution in [0.3, 0.4) is 0 Å². The molecule has 1 N–H and O–H groups in total. The Morgan fingerprint density at radius 2 is 1.83 bits per heavy atom. The van der Waals surface area contributed by atoms with Crippen LogP contribution >= 0.6 is 0 Å². The topological polar surface area (TPSA) is 92.3 Å². The van der Waals surface area contributed by atoms with Crippen molar-refractivity contribution in [1.82, 2.24) is 5.32 Å². The van der Waals surface area contributed by atoms with E-state index >= 15 is 0 Å². The first-order chi connectivity index (χ1) is 14.5. The molecule has 0 spiro atoms. The third-order valence-electron chi connectivity index (χ3n) is 4.48. The molecule has 2 aromatic rings. The number of rotatable bonds is 8. The number of hydrogen-bond donors (Lipinski definition) is 1. The molecule has 1 aliphatic heterocycles. The van der Waals surface area contributed by atoms with Gasteiger partial charge in [-0.25, -0.2) is 4.79 Å². The van der Waals surface area contributed by atoms with Gasteiger partial charge in [-0.3, -0.25) is 4.79 Å². The summed E-state index contributed by atoms with van der Waals surface area (Å²) in [6.07, 6.45) is 0. The van der Waals surface area contributed by atoms with Crippen molar-refractivity contribution in [1.29, 1.82) is 0 Å². The number of hydrogen-bond acceptors (Lipinski definition) is 7. The molecule has 0 fully saturated rings. The SMILES string of the molecule is CCOc1ccc(C(=O)OCC(=O)N[C@H](C)c2ccc3c(c2)OCCO3)cc1OC. The number of methoxy groups -OCH3 is 1. The largest absolute Gasteiger partial charge is 0.493 e. The number of esters is 1. The minimum Gasteiger partial charge on any atom is -0.493 e. The number of fused-ring (bicyclic) bond motifs is 1. The molecule has 0 aliphatic carbocycles. The summed E-state index contributed by atoms with van der Waals surface area (Å²) in [6, 6.07) is 9.91. The average Bonchev–Trinajstić information content (AvgIpc) is 2.77. The van der Waals surface area contributed by atoms with E-state index in [2.05, 4.69) is 5.32 Å². The predicted octanol–water partition coefficient (Wildman–Crippen LogP) is 2.90. The fourth-order valence-electron chi connectivity index (χ4n) is 2.98. The monoisotopic (exact) mass is 415 g/mol. The van der Waals surface area contributed by atoms with Crippen LogP contribution in [0.2, 0.25) is 0 Å². The summed E-state index contributed by atoms with van der Waals surface area (Å²) in [5.41, 5.74) is 1.12. The van der Waals surface area contributed by atoms with Gasteiger partial charge in [-0.05, 0) is 49.7 Å². The fraction of sp³-hybridized carbons (Fsp3) is 0.364. The zero-order valence-electron chi connectivity index (χ0n) is 17.2. The molecule has 2 aromatic carbocycles. The van der Waals surface area contributed by atoms with E-state index in [1.54, 1.807) is 12.1 Å². The van der Waals surface area contributed by atoms with Crippen molar-refractivity contribution in [3.05, 3.63) is 47.5 Å². The molecule has 0 aromatic heterocycles. The van der Waals surface area contributed by atoms with Crippen LogP contribution in [0, 0.1) is 0 Å². The third-order valence-corrected chi connectivity index (χ3v) is 4.48. The average molecular weight is 415 g/mol. The van der Waals surface area contributed by atoms with Gasteiger partial charge in [0, 0.05) is 0 Å². The molecule has 0 bridgehead atoms. The van der Waals surface area contributed by atoms with E-state index in [1.807, 2.05) is 32.0 Å². The van der Waals surface area contributed by atoms with Crippen LogP contribution in [0.15, 0.2) is 36.4 Å². The van der Waals surface area contributed by atoms with Gasteiger partial charge in [0.05, 0.1) is 25.3 Å². The van der Waals surface area contributed by atoms with Gasteiger partial charge in [0.15, 0.2) is 29.6 Å². The minimum atomic E-state index is -0.626. The maximum absolute atomic E-state index is 12.3. The Morgan fingerprint density at radius 3 is 2.57 bits per heavy atom. The second-order valence-electron chi connectivity index (χ2n) is 6.57. The normalized spacial score (nSPS) is 13.2. The number of carbonyl (C=O) groups excluding carboxylic acids is 2. The van der Waals surface area contributed by atoms with Crippen LogP contribution in [0.1, 0.15) is 35.8 Å². The smallest absolute Gasteiger partial charge is 0.338 e. The van der Waals surface area contributed by atoms with Crippen molar-refractivity contribution < 1.29 is 33.3 Å². The van der Waals surface area contributed by atoms with E-state index in [0.29, 0.717) is 42.8 Å². The van der Waals surface area contributed by atoms with Crippen LogP contribution in [0.25, 0.3) is 0 Å². The lowest BCUT2D eigenvalue weighted by molar-refractivity contribution is -0.124. The molecule has 0 saturated carbocycles. The quantitative estimate of drug-likeness (QED) is 0.663. The second-order valence-corrected chi connectivity index (χ2v) is 6.57. The molecule has 8 nitrogen and oxygen atoms in total. The highest BCUT2D eigenvalue weighted by atomic mass is 16.6. The lowest BCUT2D eigenvalue weighted by Gasteiger charge is -2.21. The van der Waals surface area contributed by atoms with Crippen LogP contribution in [0.5, 0.6) is 23.0 Å². The number of nitrogens with one attached hydrogen (secondary N) is 1. The van der Waals surface area contributed by atoms with Crippen LogP contribution in [-0.4, -0.2) is 45.4 Å². The van der Waals surface area contributed by atoms with Crippen molar-refractivity contribution in [3.8, 4) is 23.0 Å². The molecular formula is C22H25NO7. The van der Waals surface area contributed by atoms with Gasteiger partial charge in [0.2, 0.25) is 0 Å². The summed E-state index contributed by atoms with van der Waals surface area (Å²) in [4.78, 5) is 24.5. The number of amides is 1. The highest BCUT2D eigenvalue weighted by Gasteiger charge is 2.18. The Bertz CT molecular complexity index is 912. The fourth-order valence-corrected chi connectivity index (χ4v) is 2.98. The Balaban J connectivity index is 1.54. The Labute approximate surface area is 175 Å². The van der Waals surface area contributed by atoms with Crippen molar-refractivity contribution in [2.24, 2.45) is 0 Å². The zero-order chi connectivity index (χ0) is 21.5. The lowest BCUT2D eigenvalue weighted by atomic mass is 10.1. The number of ether oxygens (including phenoxy) is 5. The van der Waals surface area contributed by atoms with E-state index in [9.17, 15) is 9.59 Å². The predicted molar refractivity (Wildman–Crippen MR) is 108 cm³/mol. The Morgan fingerprint density at radius 1 is 1.07 bits per heavy atom. The Kier molecular flexibility index (Phi) is 7.00. The van der Waals surface area contributed by atoms with Gasteiger partial charge in [0.25, 0.3) is 5.91 Å². The molecule has 0 saturated heterocycles. The third kappa shape index (κ3) is 5.14. The Hall–Kier alpha value is -3.42. The van der Waals surface area contributed by atoms with Gasteiger partial charge in [-0.15, -0.1) is 0 Å². The summed E-state index contributed by atoms with van der Waals surface area (Å²) < 4.78 is 26.8. The maximum atomic E-state index is 12.3. The number of carbonyl (C=O) groups is 2. The van der Waals surface area contributed by atoms with E-state index in [0.717, 1.165) is 5.56 Å². The molecule has 1 amide bonds. The van der Waals surface area contributed by atoms with Crippen LogP contribution in [-0.2, 0) is 9.53 Å². The summed E-state index contributed by atoms with van der Waals surface area (Å²) in [6.45, 7) is 4.77. The van der Waals surface area contributed by atoms with E-state index in [1.165, 1.54) is 13.2 Å². The van der Waals surface area contributed by atoms with Gasteiger partial charge in [-0.2, -0.15) is 0 Å². The molecule has 0 radical (unpaired) electrons. The molecule has 1 heterocycles. The van der Waals surface area contributed by atoms with E-state index in [-0.39, 0.29) is 11.6 Å². The van der Waals surface area contributed by atoms with Crippen molar-refractivity contribution in [2.75, 3.05) is 33.5 Å². The van der Waals surface area contributed by atoms with Crippen molar-refractivity contribution in [2.45, 2.75) is 19.9 Å². The van der Waals surface area contributed by atoms with E-state index < -0.39 is 18.5 Å². The molecule has 30 heavy (non-hydrogen) atoms. The molecule has 1 atom stereocenters. The van der Waals surface area contributed by atoms with Crippen LogP contribution < -0.4 is 24.3 Å². The number of benzene rings is 2. The van der Waals surface area contributed by atoms with Gasteiger partial charge < -0.3 is 29.0 Å². The molecular weight excluding hydrogens is 390 g/mol. The summed E-state index contributed by atoms with van der Waals surface area (Å²) >= 11 is 0. The summed E-state index contributed by atoms with van der Waals surface area (Å²) in [7, 11) is 1.49. The van der Waals surface area contributed by atoms with Gasteiger partial charge >= 0.3 is 5.97 Å².